The van der Waals surface area contributed by atoms with Crippen LogP contribution in [0, 0.1) is 11.7 Å². The normalized spacial score (nSPS) is 17.3. The lowest BCUT2D eigenvalue weighted by Crippen LogP contribution is -2.40. The predicted octanol–water partition coefficient (Wildman–Crippen LogP) is 2.69. The van der Waals surface area contributed by atoms with E-state index in [9.17, 15) is 14.0 Å². The number of halogens is 1. The van der Waals surface area contributed by atoms with Crippen LogP contribution in [0.4, 0.5) is 4.39 Å². The minimum absolute atomic E-state index is 0.0496. The summed E-state index contributed by atoms with van der Waals surface area (Å²) in [6.07, 6.45) is 1.41. The molecule has 2 N–H and O–H groups in total. The molecule has 5 nitrogen and oxygen atoms in total. The van der Waals surface area contributed by atoms with Crippen molar-refractivity contribution in [2.45, 2.75) is 19.8 Å². The molecule has 0 aromatic heterocycles. The molecule has 0 spiro atoms. The first kappa shape index (κ1) is 21.0. The number of carbonyl (C=O) groups is 2. The van der Waals surface area contributed by atoms with E-state index in [4.69, 9.17) is 5.73 Å². The predicted molar refractivity (Wildman–Crippen MR) is 112 cm³/mol. The Morgan fingerprint density at radius 1 is 1.14 bits per heavy atom. The molecule has 0 aliphatic carbocycles. The topological polar surface area (TPSA) is 66.6 Å². The molecular formula is C23H28FN3O2. The van der Waals surface area contributed by atoms with Gasteiger partial charge >= 0.3 is 0 Å². The summed E-state index contributed by atoms with van der Waals surface area (Å²) in [6, 6.07) is 14.3. The number of amides is 2. The molecule has 3 rings (SSSR count). The lowest BCUT2D eigenvalue weighted by Gasteiger charge is -2.23. The van der Waals surface area contributed by atoms with Crippen LogP contribution in [0.25, 0.3) is 11.1 Å². The first-order chi connectivity index (χ1) is 14.0. The quantitative estimate of drug-likeness (QED) is 0.815. The van der Waals surface area contributed by atoms with Gasteiger partial charge in [0.1, 0.15) is 5.82 Å². The number of hydrogen-bond acceptors (Lipinski definition) is 3. The van der Waals surface area contributed by atoms with Gasteiger partial charge in [0.25, 0.3) is 0 Å². The molecule has 0 radical (unpaired) electrons. The van der Waals surface area contributed by atoms with Gasteiger partial charge in [-0.25, -0.2) is 4.39 Å². The smallest absolute Gasteiger partial charge is 0.236 e. The molecule has 2 aromatic carbocycles. The number of rotatable bonds is 6. The molecule has 1 atom stereocenters. The van der Waals surface area contributed by atoms with E-state index in [0.717, 1.165) is 17.5 Å². The molecule has 29 heavy (non-hydrogen) atoms. The van der Waals surface area contributed by atoms with Crippen LogP contribution in [0.1, 0.15) is 18.9 Å². The summed E-state index contributed by atoms with van der Waals surface area (Å²) in [5.41, 5.74) is 7.88. The Morgan fingerprint density at radius 3 is 2.52 bits per heavy atom. The van der Waals surface area contributed by atoms with Crippen molar-refractivity contribution >= 4 is 11.8 Å². The summed E-state index contributed by atoms with van der Waals surface area (Å²) in [6.45, 7) is 4.12. The fraction of sp³-hybridized carbons (Fsp3) is 0.391. The Balaban J connectivity index is 1.79. The van der Waals surface area contributed by atoms with Crippen LogP contribution in [-0.4, -0.2) is 54.3 Å². The molecule has 1 aliphatic heterocycles. The number of carbonyl (C=O) groups excluding carboxylic acids is 2. The summed E-state index contributed by atoms with van der Waals surface area (Å²) in [5.74, 6) is -0.613. The van der Waals surface area contributed by atoms with Gasteiger partial charge in [0.15, 0.2) is 0 Å². The maximum Gasteiger partial charge on any atom is 0.236 e. The molecular weight excluding hydrogens is 369 g/mol. The second kappa shape index (κ2) is 9.65. The molecule has 2 amide bonds. The van der Waals surface area contributed by atoms with Crippen LogP contribution in [-0.2, 0) is 16.0 Å². The fourth-order valence-corrected chi connectivity index (χ4v) is 3.84. The van der Waals surface area contributed by atoms with E-state index in [1.165, 1.54) is 6.07 Å². The summed E-state index contributed by atoms with van der Waals surface area (Å²) >= 11 is 0. The lowest BCUT2D eigenvalue weighted by molar-refractivity contribution is -0.134. The third-order valence-electron chi connectivity index (χ3n) is 5.38. The third kappa shape index (κ3) is 5.01. The summed E-state index contributed by atoms with van der Waals surface area (Å²) in [7, 11) is 0. The van der Waals surface area contributed by atoms with Gasteiger partial charge in [-0.1, -0.05) is 49.4 Å². The molecule has 1 heterocycles. The number of nitrogens with zero attached hydrogens (tertiary/aromatic N) is 2. The van der Waals surface area contributed by atoms with E-state index >= 15 is 0 Å². The van der Waals surface area contributed by atoms with Crippen molar-refractivity contribution in [2.24, 2.45) is 11.7 Å². The molecule has 1 aliphatic rings. The van der Waals surface area contributed by atoms with Crippen molar-refractivity contribution in [2.75, 3.05) is 32.7 Å². The van der Waals surface area contributed by atoms with Crippen molar-refractivity contribution in [1.82, 2.24) is 9.80 Å². The lowest BCUT2D eigenvalue weighted by atomic mass is 9.95. The van der Waals surface area contributed by atoms with E-state index in [2.05, 4.69) is 0 Å². The van der Waals surface area contributed by atoms with Crippen molar-refractivity contribution in [3.05, 3.63) is 59.9 Å². The highest BCUT2D eigenvalue weighted by Gasteiger charge is 2.31. The first-order valence-corrected chi connectivity index (χ1v) is 10.1. The maximum atomic E-state index is 14.0. The van der Waals surface area contributed by atoms with Gasteiger partial charge in [0.05, 0.1) is 12.5 Å². The summed E-state index contributed by atoms with van der Waals surface area (Å²) in [4.78, 5) is 28.7. The molecule has 2 aromatic rings. The van der Waals surface area contributed by atoms with Crippen LogP contribution >= 0.6 is 0 Å². The molecule has 6 heteroatoms. The molecule has 154 valence electrons. The molecule has 1 fully saturated rings. The zero-order chi connectivity index (χ0) is 20.8. The third-order valence-corrected chi connectivity index (χ3v) is 5.38. The second-order valence-corrected chi connectivity index (χ2v) is 7.45. The monoisotopic (exact) mass is 397 g/mol. The van der Waals surface area contributed by atoms with Crippen molar-refractivity contribution in [1.29, 1.82) is 0 Å². The minimum atomic E-state index is -0.307. The van der Waals surface area contributed by atoms with Gasteiger partial charge in [0, 0.05) is 31.7 Å². The second-order valence-electron chi connectivity index (χ2n) is 7.45. The van der Waals surface area contributed by atoms with E-state index in [-0.39, 0.29) is 30.1 Å². The maximum absolute atomic E-state index is 14.0. The minimum Gasteiger partial charge on any atom is -0.341 e. The van der Waals surface area contributed by atoms with E-state index < -0.39 is 0 Å². The Morgan fingerprint density at radius 2 is 1.86 bits per heavy atom. The molecule has 0 bridgehead atoms. The van der Waals surface area contributed by atoms with Gasteiger partial charge in [-0.3, -0.25) is 9.59 Å². The number of hydrogen-bond donors (Lipinski definition) is 1. The standard InChI is InChI=1S/C23H28FN3O2/c1-2-11-26-12-13-27(22(28)15-25)16-19(23(26)29)14-17-7-9-18(10-8-17)20-5-3-4-6-21(20)24/h3-10,19H,2,11-16,25H2,1H3/t19-/m1/s1. The van der Waals surface area contributed by atoms with Crippen LogP contribution < -0.4 is 5.73 Å². The largest absolute Gasteiger partial charge is 0.341 e. The Hall–Kier alpha value is -2.73. The Bertz CT molecular complexity index is 853. The average Bonchev–Trinajstić information content (AvgIpc) is 2.89. The Kier molecular flexibility index (Phi) is 6.99. The van der Waals surface area contributed by atoms with Crippen LogP contribution in [0.2, 0.25) is 0 Å². The first-order valence-electron chi connectivity index (χ1n) is 10.1. The van der Waals surface area contributed by atoms with E-state index in [0.29, 0.717) is 38.2 Å². The van der Waals surface area contributed by atoms with Crippen molar-refractivity contribution in [3.63, 3.8) is 0 Å². The zero-order valence-electron chi connectivity index (χ0n) is 16.8. The highest BCUT2D eigenvalue weighted by molar-refractivity contribution is 5.83. The highest BCUT2D eigenvalue weighted by Crippen LogP contribution is 2.24. The average molecular weight is 397 g/mol. The van der Waals surface area contributed by atoms with Gasteiger partial charge in [0.2, 0.25) is 11.8 Å². The summed E-state index contributed by atoms with van der Waals surface area (Å²) < 4.78 is 14.0. The van der Waals surface area contributed by atoms with Gasteiger partial charge in [-0.05, 0) is 30.0 Å². The zero-order valence-corrected chi connectivity index (χ0v) is 16.8. The SMILES string of the molecule is CCCN1CCN(C(=O)CN)C[C@@H](Cc2ccc(-c3ccccc3F)cc2)C1=O. The van der Waals surface area contributed by atoms with Crippen LogP contribution in [0.5, 0.6) is 0 Å². The van der Waals surface area contributed by atoms with Gasteiger partial charge in [-0.2, -0.15) is 0 Å². The van der Waals surface area contributed by atoms with Gasteiger partial charge < -0.3 is 15.5 Å². The van der Waals surface area contributed by atoms with Crippen LogP contribution in [0.15, 0.2) is 48.5 Å². The highest BCUT2D eigenvalue weighted by atomic mass is 19.1. The number of nitrogens with two attached hydrogens (primary N) is 1. The Labute approximate surface area is 171 Å². The fourth-order valence-electron chi connectivity index (χ4n) is 3.84. The van der Waals surface area contributed by atoms with Crippen molar-refractivity contribution in [3.8, 4) is 11.1 Å². The summed E-state index contributed by atoms with van der Waals surface area (Å²) in [5, 5.41) is 0. The number of benzene rings is 2. The molecule has 1 saturated heterocycles. The van der Waals surface area contributed by atoms with E-state index in [1.54, 1.807) is 17.0 Å². The van der Waals surface area contributed by atoms with Crippen LogP contribution in [0.3, 0.4) is 0 Å². The molecule has 0 saturated carbocycles. The molecule has 0 unspecified atom stereocenters. The van der Waals surface area contributed by atoms with Crippen molar-refractivity contribution < 1.29 is 14.0 Å². The van der Waals surface area contributed by atoms with E-state index in [1.807, 2.05) is 42.2 Å². The van der Waals surface area contributed by atoms with Gasteiger partial charge in [-0.15, -0.1) is 0 Å².